The van der Waals surface area contributed by atoms with E-state index in [4.69, 9.17) is 0 Å². The Balaban J connectivity index is 1.61. The lowest BCUT2D eigenvalue weighted by atomic mass is 9.93. The average molecular weight is 435 g/mol. The topological polar surface area (TPSA) is 68.4 Å². The van der Waals surface area contributed by atoms with Gasteiger partial charge in [0.2, 0.25) is 0 Å². The number of hydrogen-bond acceptors (Lipinski definition) is 3. The molecule has 1 heterocycles. The van der Waals surface area contributed by atoms with Crippen molar-refractivity contribution in [3.05, 3.63) is 99.6 Å². The molecule has 1 saturated carbocycles. The van der Waals surface area contributed by atoms with Crippen molar-refractivity contribution in [3.8, 4) is 0 Å². The molecule has 0 aliphatic heterocycles. The van der Waals surface area contributed by atoms with E-state index in [0.717, 1.165) is 43.4 Å². The zero-order valence-electron chi connectivity index (χ0n) is 17.8. The molecule has 32 heavy (non-hydrogen) atoms. The van der Waals surface area contributed by atoms with Gasteiger partial charge >= 0.3 is 0 Å². The zero-order chi connectivity index (χ0) is 22.5. The van der Waals surface area contributed by atoms with Gasteiger partial charge in [-0.2, -0.15) is 0 Å². The van der Waals surface area contributed by atoms with Gasteiger partial charge in [-0.3, -0.25) is 14.9 Å². The minimum absolute atomic E-state index is 0.0890. The number of carbonyl (C=O) groups is 1. The Kier molecular flexibility index (Phi) is 6.63. The minimum Gasteiger partial charge on any atom is -0.345 e. The molecule has 7 heteroatoms. The molecule has 6 nitrogen and oxygen atoms in total. The van der Waals surface area contributed by atoms with Gasteiger partial charge in [-0.15, -0.1) is 0 Å². The maximum atomic E-state index is 13.6. The molecule has 1 aromatic heterocycles. The summed E-state index contributed by atoms with van der Waals surface area (Å²) in [6, 6.07) is 16.4. The molecule has 0 bridgehead atoms. The van der Waals surface area contributed by atoms with Crippen LogP contribution in [0.25, 0.3) is 0 Å². The predicted molar refractivity (Wildman–Crippen MR) is 120 cm³/mol. The van der Waals surface area contributed by atoms with Crippen LogP contribution in [-0.4, -0.2) is 26.3 Å². The van der Waals surface area contributed by atoms with E-state index in [1.54, 1.807) is 18.2 Å². The van der Waals surface area contributed by atoms with Crippen molar-refractivity contribution >= 4 is 11.6 Å². The molecule has 1 amide bonds. The third-order valence-corrected chi connectivity index (χ3v) is 6.08. The van der Waals surface area contributed by atoms with Crippen LogP contribution in [0, 0.1) is 15.9 Å². The number of benzene rings is 2. The Labute approximate surface area is 186 Å². The summed E-state index contributed by atoms with van der Waals surface area (Å²) in [6.45, 7) is 0.901. The molecule has 2 aromatic carbocycles. The highest BCUT2D eigenvalue weighted by Crippen LogP contribution is 2.27. The highest BCUT2D eigenvalue weighted by Gasteiger charge is 2.28. The highest BCUT2D eigenvalue weighted by atomic mass is 19.1. The lowest BCUT2D eigenvalue weighted by Gasteiger charge is -2.35. The number of aromatic nitrogens is 1. The van der Waals surface area contributed by atoms with Crippen LogP contribution in [-0.2, 0) is 13.1 Å². The van der Waals surface area contributed by atoms with Gasteiger partial charge in [0.15, 0.2) is 0 Å². The Bertz CT molecular complexity index is 1110. The fraction of sp³-hybridized carbons (Fsp3) is 0.320. The molecule has 0 unspecified atom stereocenters. The molecule has 0 radical (unpaired) electrons. The number of halogens is 1. The van der Waals surface area contributed by atoms with Crippen LogP contribution in [0.1, 0.15) is 53.7 Å². The van der Waals surface area contributed by atoms with E-state index in [9.17, 15) is 19.3 Å². The first-order chi connectivity index (χ1) is 15.5. The largest absolute Gasteiger partial charge is 0.345 e. The Morgan fingerprint density at radius 2 is 1.84 bits per heavy atom. The number of nitrogens with zero attached hydrogens (tertiary/aromatic N) is 3. The summed E-state index contributed by atoms with van der Waals surface area (Å²) < 4.78 is 15.6. The van der Waals surface area contributed by atoms with Crippen LogP contribution in [0.5, 0.6) is 0 Å². The molecule has 0 N–H and O–H groups in total. The van der Waals surface area contributed by atoms with Gasteiger partial charge < -0.3 is 9.47 Å². The molecule has 1 fully saturated rings. The normalized spacial score (nSPS) is 14.3. The van der Waals surface area contributed by atoms with Crippen molar-refractivity contribution < 1.29 is 14.1 Å². The van der Waals surface area contributed by atoms with Crippen molar-refractivity contribution in [1.29, 1.82) is 0 Å². The van der Waals surface area contributed by atoms with Crippen molar-refractivity contribution in [2.45, 2.75) is 51.2 Å². The van der Waals surface area contributed by atoms with Crippen molar-refractivity contribution in [2.24, 2.45) is 0 Å². The summed E-state index contributed by atoms with van der Waals surface area (Å²) in [6.07, 6.45) is 7.06. The summed E-state index contributed by atoms with van der Waals surface area (Å²) >= 11 is 0. The molecule has 1 aliphatic rings. The van der Waals surface area contributed by atoms with Crippen LogP contribution in [0.2, 0.25) is 0 Å². The van der Waals surface area contributed by atoms with E-state index in [2.05, 4.69) is 0 Å². The lowest BCUT2D eigenvalue weighted by molar-refractivity contribution is -0.384. The SMILES string of the molecule is O=C(c1cccc([N+](=O)[O-])c1)N(Cc1cccn1Cc1cccc(F)c1)C1CCCCC1. The van der Waals surface area contributed by atoms with Gasteiger partial charge in [-0.1, -0.05) is 37.5 Å². The maximum Gasteiger partial charge on any atom is 0.270 e. The van der Waals surface area contributed by atoms with Crippen LogP contribution >= 0.6 is 0 Å². The van der Waals surface area contributed by atoms with E-state index in [-0.39, 0.29) is 23.5 Å². The zero-order valence-corrected chi connectivity index (χ0v) is 17.8. The van der Waals surface area contributed by atoms with E-state index < -0.39 is 4.92 Å². The number of nitro benzene ring substituents is 1. The minimum atomic E-state index is -0.480. The third kappa shape index (κ3) is 5.04. The number of carbonyl (C=O) groups excluding carboxylic acids is 1. The molecule has 3 aromatic rings. The second-order valence-electron chi connectivity index (χ2n) is 8.29. The molecule has 1 aliphatic carbocycles. The van der Waals surface area contributed by atoms with Gasteiger partial charge in [0, 0.05) is 42.2 Å². The quantitative estimate of drug-likeness (QED) is 0.360. The van der Waals surface area contributed by atoms with Crippen LogP contribution < -0.4 is 0 Å². The van der Waals surface area contributed by atoms with E-state index in [1.165, 1.54) is 24.3 Å². The fourth-order valence-corrected chi connectivity index (χ4v) is 4.43. The van der Waals surface area contributed by atoms with Crippen LogP contribution in [0.4, 0.5) is 10.1 Å². The van der Waals surface area contributed by atoms with Gasteiger partial charge in [0.1, 0.15) is 5.82 Å². The number of rotatable bonds is 7. The Morgan fingerprint density at radius 1 is 1.06 bits per heavy atom. The van der Waals surface area contributed by atoms with Crippen LogP contribution in [0.15, 0.2) is 66.9 Å². The summed E-state index contributed by atoms with van der Waals surface area (Å²) in [5.74, 6) is -0.472. The molecule has 166 valence electrons. The van der Waals surface area contributed by atoms with E-state index in [0.29, 0.717) is 18.7 Å². The standard InChI is InChI=1S/C25H26FN3O3/c26-21-9-4-7-19(15-21)17-27-14-6-13-24(27)18-28(22-10-2-1-3-11-22)25(30)20-8-5-12-23(16-20)29(31)32/h4-9,12-16,22H,1-3,10-11,17-18H2. The second-order valence-corrected chi connectivity index (χ2v) is 8.29. The van der Waals surface area contributed by atoms with Gasteiger partial charge in [0.25, 0.3) is 11.6 Å². The first-order valence-electron chi connectivity index (χ1n) is 10.9. The fourth-order valence-electron chi connectivity index (χ4n) is 4.43. The maximum absolute atomic E-state index is 13.6. The second kappa shape index (κ2) is 9.77. The van der Waals surface area contributed by atoms with Crippen LogP contribution in [0.3, 0.4) is 0 Å². The summed E-state index contributed by atoms with van der Waals surface area (Å²) in [5, 5.41) is 11.2. The number of non-ortho nitro benzene ring substituents is 1. The smallest absolute Gasteiger partial charge is 0.270 e. The number of hydrogen-bond donors (Lipinski definition) is 0. The molecular formula is C25H26FN3O3. The monoisotopic (exact) mass is 435 g/mol. The molecule has 0 saturated heterocycles. The average Bonchev–Trinajstić information content (AvgIpc) is 3.24. The molecule has 4 rings (SSSR count). The van der Waals surface area contributed by atoms with E-state index in [1.807, 2.05) is 33.9 Å². The first-order valence-corrected chi connectivity index (χ1v) is 10.9. The predicted octanol–water partition coefficient (Wildman–Crippen LogP) is 5.56. The van der Waals surface area contributed by atoms with Crippen molar-refractivity contribution in [3.63, 3.8) is 0 Å². The molecule has 0 spiro atoms. The lowest BCUT2D eigenvalue weighted by Crippen LogP contribution is -2.41. The highest BCUT2D eigenvalue weighted by molar-refractivity contribution is 5.95. The van der Waals surface area contributed by atoms with Crippen molar-refractivity contribution in [1.82, 2.24) is 9.47 Å². The Morgan fingerprint density at radius 3 is 2.59 bits per heavy atom. The first kappa shape index (κ1) is 21.7. The summed E-state index contributed by atoms with van der Waals surface area (Å²) in [4.78, 5) is 26.1. The van der Waals surface area contributed by atoms with Gasteiger partial charge in [-0.25, -0.2) is 4.39 Å². The number of nitro groups is 1. The molecule has 0 atom stereocenters. The van der Waals surface area contributed by atoms with E-state index >= 15 is 0 Å². The number of amides is 1. The Hall–Kier alpha value is -3.48. The van der Waals surface area contributed by atoms with Crippen molar-refractivity contribution in [2.75, 3.05) is 0 Å². The summed E-state index contributed by atoms with van der Waals surface area (Å²) in [5.41, 5.74) is 2.03. The molecular weight excluding hydrogens is 409 g/mol. The van der Waals surface area contributed by atoms with Gasteiger partial charge in [-0.05, 0) is 48.7 Å². The summed E-state index contributed by atoms with van der Waals surface area (Å²) in [7, 11) is 0. The third-order valence-electron chi connectivity index (χ3n) is 6.08. The van der Waals surface area contributed by atoms with Gasteiger partial charge in [0.05, 0.1) is 11.5 Å².